The second kappa shape index (κ2) is 4.13. The van der Waals surface area contributed by atoms with Gasteiger partial charge in [0.25, 0.3) is 0 Å². The maximum Gasteiger partial charge on any atom is 0.148 e. The topological polar surface area (TPSA) is 37.8 Å². The van der Waals surface area contributed by atoms with Gasteiger partial charge in [0.15, 0.2) is 0 Å². The van der Waals surface area contributed by atoms with Crippen LogP contribution in [0.5, 0.6) is 0 Å². The minimum absolute atomic E-state index is 0.440. The van der Waals surface area contributed by atoms with Crippen molar-refractivity contribution in [1.82, 2.24) is 9.97 Å². The molecule has 1 aliphatic rings. The SMILES string of the molecule is CC(CC1CC1)Nc1ncncc1Cl. The summed E-state index contributed by atoms with van der Waals surface area (Å²) in [7, 11) is 0. The molecule has 1 N–H and O–H groups in total. The Balaban J connectivity index is 1.91. The molecular weight excluding hydrogens is 198 g/mol. The Morgan fingerprint density at radius 3 is 3.07 bits per heavy atom. The summed E-state index contributed by atoms with van der Waals surface area (Å²) in [5.41, 5.74) is 0. The number of rotatable bonds is 4. The summed E-state index contributed by atoms with van der Waals surface area (Å²) in [4.78, 5) is 7.93. The fraction of sp³-hybridized carbons (Fsp3) is 0.600. The van der Waals surface area contributed by atoms with Gasteiger partial charge >= 0.3 is 0 Å². The van der Waals surface area contributed by atoms with Gasteiger partial charge in [-0.2, -0.15) is 0 Å². The average Bonchev–Trinajstić information content (AvgIpc) is 2.93. The summed E-state index contributed by atoms with van der Waals surface area (Å²) in [6, 6.07) is 0.440. The minimum Gasteiger partial charge on any atom is -0.366 e. The zero-order valence-electron chi connectivity index (χ0n) is 8.20. The third-order valence-corrected chi connectivity index (χ3v) is 2.71. The van der Waals surface area contributed by atoms with E-state index >= 15 is 0 Å². The molecule has 14 heavy (non-hydrogen) atoms. The molecule has 0 aromatic carbocycles. The minimum atomic E-state index is 0.440. The first-order valence-electron chi connectivity index (χ1n) is 4.97. The molecule has 0 radical (unpaired) electrons. The number of nitrogens with one attached hydrogen (secondary N) is 1. The van der Waals surface area contributed by atoms with E-state index in [1.54, 1.807) is 6.20 Å². The first kappa shape index (κ1) is 9.71. The Bertz CT molecular complexity index is 312. The lowest BCUT2D eigenvalue weighted by molar-refractivity contribution is 0.640. The molecule has 4 heteroatoms. The predicted molar refractivity (Wildman–Crippen MR) is 57.5 cm³/mol. The van der Waals surface area contributed by atoms with Crippen LogP contribution in [0.3, 0.4) is 0 Å². The van der Waals surface area contributed by atoms with Gasteiger partial charge in [0, 0.05) is 6.04 Å². The lowest BCUT2D eigenvalue weighted by Gasteiger charge is -2.14. The smallest absolute Gasteiger partial charge is 0.148 e. The Hall–Kier alpha value is -0.830. The van der Waals surface area contributed by atoms with Crippen LogP contribution in [-0.2, 0) is 0 Å². The molecule has 0 bridgehead atoms. The quantitative estimate of drug-likeness (QED) is 0.832. The first-order valence-corrected chi connectivity index (χ1v) is 5.35. The zero-order valence-corrected chi connectivity index (χ0v) is 8.96. The Morgan fingerprint density at radius 2 is 2.43 bits per heavy atom. The molecule has 1 aliphatic carbocycles. The fourth-order valence-electron chi connectivity index (χ4n) is 1.56. The van der Waals surface area contributed by atoms with Crippen LogP contribution in [0.15, 0.2) is 12.5 Å². The van der Waals surface area contributed by atoms with Gasteiger partial charge in [-0.3, -0.25) is 0 Å². The molecule has 1 aromatic rings. The largest absolute Gasteiger partial charge is 0.366 e. The normalized spacial score (nSPS) is 17.9. The standard InChI is InChI=1S/C10H14ClN3/c1-7(4-8-2-3-8)14-10-9(11)5-12-6-13-10/h5-8H,2-4H2,1H3,(H,12,13,14). The first-order chi connectivity index (χ1) is 6.75. The number of hydrogen-bond donors (Lipinski definition) is 1. The molecule has 1 heterocycles. The number of aromatic nitrogens is 2. The second-order valence-corrected chi connectivity index (χ2v) is 4.35. The molecule has 0 spiro atoms. The lowest BCUT2D eigenvalue weighted by atomic mass is 10.1. The van der Waals surface area contributed by atoms with Crippen molar-refractivity contribution in [2.24, 2.45) is 5.92 Å². The van der Waals surface area contributed by atoms with E-state index in [-0.39, 0.29) is 0 Å². The summed E-state index contributed by atoms with van der Waals surface area (Å²) in [6.45, 7) is 2.16. The molecule has 1 saturated carbocycles. The Kier molecular flexibility index (Phi) is 2.87. The van der Waals surface area contributed by atoms with Crippen LogP contribution < -0.4 is 5.32 Å². The molecule has 0 aliphatic heterocycles. The molecule has 2 rings (SSSR count). The van der Waals surface area contributed by atoms with Crippen molar-refractivity contribution in [2.45, 2.75) is 32.2 Å². The van der Waals surface area contributed by atoms with Crippen LogP contribution in [0.25, 0.3) is 0 Å². The molecule has 1 atom stereocenters. The highest BCUT2D eigenvalue weighted by atomic mass is 35.5. The third-order valence-electron chi connectivity index (χ3n) is 2.43. The van der Waals surface area contributed by atoms with E-state index < -0.39 is 0 Å². The van der Waals surface area contributed by atoms with Crippen LogP contribution in [0.1, 0.15) is 26.2 Å². The molecule has 1 fully saturated rings. The van der Waals surface area contributed by atoms with Gasteiger partial charge in [0.05, 0.1) is 6.20 Å². The van der Waals surface area contributed by atoms with E-state index in [2.05, 4.69) is 22.2 Å². The van der Waals surface area contributed by atoms with Gasteiger partial charge in [-0.25, -0.2) is 9.97 Å². The highest BCUT2D eigenvalue weighted by Crippen LogP contribution is 2.34. The molecular formula is C10H14ClN3. The van der Waals surface area contributed by atoms with Gasteiger partial charge in [-0.05, 0) is 19.3 Å². The molecule has 1 unspecified atom stereocenters. The van der Waals surface area contributed by atoms with E-state index in [9.17, 15) is 0 Å². The Labute approximate surface area is 88.9 Å². The Morgan fingerprint density at radius 1 is 1.64 bits per heavy atom. The third kappa shape index (κ3) is 2.58. The molecule has 76 valence electrons. The van der Waals surface area contributed by atoms with Gasteiger partial charge in [-0.1, -0.05) is 24.4 Å². The van der Waals surface area contributed by atoms with Crippen molar-refractivity contribution < 1.29 is 0 Å². The summed E-state index contributed by atoms with van der Waals surface area (Å²) >= 11 is 5.93. The summed E-state index contributed by atoms with van der Waals surface area (Å²) in [5, 5.41) is 3.89. The molecule has 3 nitrogen and oxygen atoms in total. The average molecular weight is 212 g/mol. The lowest BCUT2D eigenvalue weighted by Crippen LogP contribution is -2.16. The molecule has 0 amide bonds. The van der Waals surface area contributed by atoms with E-state index in [1.165, 1.54) is 25.6 Å². The molecule has 0 saturated heterocycles. The summed E-state index contributed by atoms with van der Waals surface area (Å²) < 4.78 is 0. The van der Waals surface area contributed by atoms with Gasteiger partial charge in [0.2, 0.25) is 0 Å². The number of nitrogens with zero attached hydrogens (tertiary/aromatic N) is 2. The van der Waals surface area contributed by atoms with E-state index in [1.807, 2.05) is 0 Å². The van der Waals surface area contributed by atoms with Crippen LogP contribution in [0.2, 0.25) is 5.02 Å². The van der Waals surface area contributed by atoms with E-state index in [4.69, 9.17) is 11.6 Å². The van der Waals surface area contributed by atoms with Crippen LogP contribution in [0.4, 0.5) is 5.82 Å². The van der Waals surface area contributed by atoms with Crippen LogP contribution in [-0.4, -0.2) is 16.0 Å². The van der Waals surface area contributed by atoms with Crippen LogP contribution in [0, 0.1) is 5.92 Å². The number of hydrogen-bond acceptors (Lipinski definition) is 3. The van der Waals surface area contributed by atoms with Crippen molar-refractivity contribution in [3.8, 4) is 0 Å². The van der Waals surface area contributed by atoms with Crippen LogP contribution >= 0.6 is 11.6 Å². The van der Waals surface area contributed by atoms with Gasteiger partial charge < -0.3 is 5.32 Å². The highest BCUT2D eigenvalue weighted by Gasteiger charge is 2.23. The number of halogens is 1. The van der Waals surface area contributed by atoms with Crippen molar-refractivity contribution in [3.63, 3.8) is 0 Å². The second-order valence-electron chi connectivity index (χ2n) is 3.94. The zero-order chi connectivity index (χ0) is 9.97. The van der Waals surface area contributed by atoms with E-state index in [0.717, 1.165) is 11.7 Å². The fourth-order valence-corrected chi connectivity index (χ4v) is 1.72. The predicted octanol–water partition coefficient (Wildman–Crippen LogP) is 2.73. The van der Waals surface area contributed by atoms with Crippen molar-refractivity contribution >= 4 is 17.4 Å². The van der Waals surface area contributed by atoms with Crippen molar-refractivity contribution in [3.05, 3.63) is 17.5 Å². The summed E-state index contributed by atoms with van der Waals surface area (Å²) in [6.07, 6.45) is 7.09. The maximum absolute atomic E-state index is 5.93. The van der Waals surface area contributed by atoms with Crippen molar-refractivity contribution in [2.75, 3.05) is 5.32 Å². The number of anilines is 1. The highest BCUT2D eigenvalue weighted by molar-refractivity contribution is 6.32. The van der Waals surface area contributed by atoms with Gasteiger partial charge in [-0.15, -0.1) is 0 Å². The van der Waals surface area contributed by atoms with Crippen molar-refractivity contribution in [1.29, 1.82) is 0 Å². The molecule has 1 aromatic heterocycles. The monoisotopic (exact) mass is 211 g/mol. The maximum atomic E-state index is 5.93. The van der Waals surface area contributed by atoms with E-state index in [0.29, 0.717) is 11.1 Å². The van der Waals surface area contributed by atoms with Gasteiger partial charge in [0.1, 0.15) is 17.2 Å². The summed E-state index contributed by atoms with van der Waals surface area (Å²) in [5.74, 6) is 1.66.